The van der Waals surface area contributed by atoms with Crippen molar-refractivity contribution in [1.29, 1.82) is 0 Å². The van der Waals surface area contributed by atoms with Gasteiger partial charge in [-0.2, -0.15) is 0 Å². The number of nitrogens with one attached hydrogen (secondary N) is 1. The normalized spacial score (nSPS) is 17.1. The molecular formula is C16H16FNO4S. The quantitative estimate of drug-likeness (QED) is 0.899. The van der Waals surface area contributed by atoms with Crippen LogP contribution in [-0.4, -0.2) is 35.7 Å². The second kappa shape index (κ2) is 6.25. The van der Waals surface area contributed by atoms with Crippen molar-refractivity contribution in [3.8, 4) is 0 Å². The molecule has 1 fully saturated rings. The first-order chi connectivity index (χ1) is 11.0. The zero-order chi connectivity index (χ0) is 16.4. The minimum Gasteiger partial charge on any atom is -0.481 e. The molecule has 1 saturated heterocycles. The number of aliphatic carboxylic acids is 1. The van der Waals surface area contributed by atoms with Crippen molar-refractivity contribution in [3.05, 3.63) is 35.0 Å². The maximum absolute atomic E-state index is 13.2. The van der Waals surface area contributed by atoms with Gasteiger partial charge in [-0.15, -0.1) is 11.3 Å². The average Bonchev–Trinajstić information content (AvgIpc) is 2.90. The molecule has 5 nitrogen and oxygen atoms in total. The van der Waals surface area contributed by atoms with Gasteiger partial charge < -0.3 is 15.2 Å². The van der Waals surface area contributed by atoms with Gasteiger partial charge in [0.1, 0.15) is 5.82 Å². The van der Waals surface area contributed by atoms with Crippen molar-refractivity contribution in [3.63, 3.8) is 0 Å². The Balaban J connectivity index is 1.83. The fourth-order valence-electron chi connectivity index (χ4n) is 2.83. The summed E-state index contributed by atoms with van der Waals surface area (Å²) in [5.74, 6) is -1.63. The van der Waals surface area contributed by atoms with Crippen LogP contribution in [0.4, 0.5) is 4.39 Å². The Labute approximate surface area is 136 Å². The number of benzene rings is 1. The Morgan fingerprint density at radius 1 is 1.30 bits per heavy atom. The lowest BCUT2D eigenvalue weighted by Gasteiger charge is -2.36. The lowest BCUT2D eigenvalue weighted by atomic mass is 9.86. The molecule has 0 atom stereocenters. The van der Waals surface area contributed by atoms with E-state index in [-0.39, 0.29) is 18.1 Å². The summed E-state index contributed by atoms with van der Waals surface area (Å²) >= 11 is 1.26. The van der Waals surface area contributed by atoms with Gasteiger partial charge in [-0.3, -0.25) is 9.59 Å². The predicted molar refractivity (Wildman–Crippen MR) is 84.3 cm³/mol. The highest BCUT2D eigenvalue weighted by Gasteiger charge is 2.36. The number of thiophene rings is 1. The first-order valence-corrected chi connectivity index (χ1v) is 8.10. The van der Waals surface area contributed by atoms with Crippen LogP contribution in [0, 0.1) is 5.82 Å². The van der Waals surface area contributed by atoms with Gasteiger partial charge in [0, 0.05) is 17.9 Å². The van der Waals surface area contributed by atoms with Crippen molar-refractivity contribution < 1.29 is 23.8 Å². The zero-order valence-corrected chi connectivity index (χ0v) is 13.1. The predicted octanol–water partition coefficient (Wildman–Crippen LogP) is 2.79. The second-order valence-electron chi connectivity index (χ2n) is 5.71. The van der Waals surface area contributed by atoms with Crippen LogP contribution in [0.15, 0.2) is 24.3 Å². The first-order valence-electron chi connectivity index (χ1n) is 7.29. The molecule has 0 saturated carbocycles. The van der Waals surface area contributed by atoms with Gasteiger partial charge in [-0.25, -0.2) is 4.39 Å². The van der Waals surface area contributed by atoms with Gasteiger partial charge in [0.15, 0.2) is 0 Å². The molecule has 0 spiro atoms. The van der Waals surface area contributed by atoms with Gasteiger partial charge in [0.2, 0.25) is 0 Å². The summed E-state index contributed by atoms with van der Waals surface area (Å²) in [5, 5.41) is 12.7. The first kappa shape index (κ1) is 15.9. The fraction of sp³-hybridized carbons (Fsp3) is 0.375. The minimum atomic E-state index is -0.953. The number of hydrogen-bond donors (Lipinski definition) is 2. The lowest BCUT2D eigenvalue weighted by molar-refractivity contribution is -0.139. The molecule has 23 heavy (non-hydrogen) atoms. The van der Waals surface area contributed by atoms with Crippen LogP contribution >= 0.6 is 11.3 Å². The van der Waals surface area contributed by atoms with E-state index in [1.807, 2.05) is 0 Å². The van der Waals surface area contributed by atoms with E-state index in [0.717, 1.165) is 4.70 Å². The Kier molecular flexibility index (Phi) is 4.32. The SMILES string of the molecule is O=C(O)CC1(NC(=O)c2cc3cc(F)ccc3s2)CCOCC1. The van der Waals surface area contributed by atoms with E-state index in [0.29, 0.717) is 36.3 Å². The van der Waals surface area contributed by atoms with E-state index >= 15 is 0 Å². The third-order valence-electron chi connectivity index (χ3n) is 4.02. The standard InChI is InChI=1S/C16H16FNO4S/c17-11-1-2-12-10(7-11)8-13(23-12)15(21)18-16(9-14(19)20)3-5-22-6-4-16/h1-2,7-8H,3-6,9H2,(H,18,21)(H,19,20). The van der Waals surface area contributed by atoms with E-state index in [1.165, 1.54) is 23.5 Å². The summed E-state index contributed by atoms with van der Waals surface area (Å²) < 4.78 is 19.3. The highest BCUT2D eigenvalue weighted by atomic mass is 32.1. The smallest absolute Gasteiger partial charge is 0.305 e. The highest BCUT2D eigenvalue weighted by molar-refractivity contribution is 7.20. The van der Waals surface area contributed by atoms with Crippen LogP contribution in [0.2, 0.25) is 0 Å². The number of ether oxygens (including phenoxy) is 1. The van der Waals surface area contributed by atoms with Crippen LogP contribution < -0.4 is 5.32 Å². The molecule has 0 aliphatic carbocycles. The van der Waals surface area contributed by atoms with E-state index < -0.39 is 11.5 Å². The summed E-state index contributed by atoms with van der Waals surface area (Å²) in [6, 6.07) is 5.99. The maximum atomic E-state index is 13.2. The molecule has 1 amide bonds. The molecule has 1 aliphatic heterocycles. The molecule has 1 aromatic heterocycles. The molecule has 122 valence electrons. The van der Waals surface area contributed by atoms with Crippen LogP contribution in [0.1, 0.15) is 28.9 Å². The molecule has 2 aromatic rings. The number of fused-ring (bicyclic) bond motifs is 1. The topological polar surface area (TPSA) is 75.6 Å². The fourth-order valence-corrected chi connectivity index (χ4v) is 3.76. The summed E-state index contributed by atoms with van der Waals surface area (Å²) in [7, 11) is 0. The van der Waals surface area contributed by atoms with Gasteiger partial charge in [0.25, 0.3) is 5.91 Å². The minimum absolute atomic E-state index is 0.137. The van der Waals surface area contributed by atoms with Crippen LogP contribution in [0.3, 0.4) is 0 Å². The van der Waals surface area contributed by atoms with Crippen LogP contribution in [-0.2, 0) is 9.53 Å². The van der Waals surface area contributed by atoms with E-state index in [2.05, 4.69) is 5.32 Å². The molecule has 2 heterocycles. The maximum Gasteiger partial charge on any atom is 0.305 e. The van der Waals surface area contributed by atoms with Crippen LogP contribution in [0.25, 0.3) is 10.1 Å². The number of carboxylic acid groups (broad SMARTS) is 1. The number of amides is 1. The monoisotopic (exact) mass is 337 g/mol. The third-order valence-corrected chi connectivity index (χ3v) is 5.14. The summed E-state index contributed by atoms with van der Waals surface area (Å²) in [6.45, 7) is 0.844. The number of hydrogen-bond acceptors (Lipinski definition) is 4. The molecule has 0 unspecified atom stereocenters. The average molecular weight is 337 g/mol. The molecule has 2 N–H and O–H groups in total. The second-order valence-corrected chi connectivity index (χ2v) is 6.79. The summed E-state index contributed by atoms with van der Waals surface area (Å²) in [6.07, 6.45) is 0.788. The zero-order valence-electron chi connectivity index (χ0n) is 12.3. The van der Waals surface area contributed by atoms with Gasteiger partial charge in [-0.05, 0) is 42.5 Å². The van der Waals surface area contributed by atoms with Gasteiger partial charge in [-0.1, -0.05) is 0 Å². The Bertz CT molecular complexity index is 752. The number of carbonyl (C=O) groups is 2. The summed E-state index contributed by atoms with van der Waals surface area (Å²) in [5.41, 5.74) is -0.789. The third kappa shape index (κ3) is 3.51. The molecule has 7 heteroatoms. The van der Waals surface area contributed by atoms with Crippen molar-refractivity contribution in [2.24, 2.45) is 0 Å². The molecule has 3 rings (SSSR count). The number of halogens is 1. The van der Waals surface area contributed by atoms with E-state index in [4.69, 9.17) is 9.84 Å². The Hall–Kier alpha value is -1.99. The molecule has 1 aliphatic rings. The van der Waals surface area contributed by atoms with Gasteiger partial charge >= 0.3 is 5.97 Å². The van der Waals surface area contributed by atoms with Crippen molar-refractivity contribution in [2.75, 3.05) is 13.2 Å². The Morgan fingerprint density at radius 3 is 2.74 bits per heavy atom. The van der Waals surface area contributed by atoms with Crippen LogP contribution in [0.5, 0.6) is 0 Å². The molecule has 0 bridgehead atoms. The van der Waals surface area contributed by atoms with Gasteiger partial charge in [0.05, 0.1) is 16.8 Å². The molecule has 0 radical (unpaired) electrons. The van der Waals surface area contributed by atoms with E-state index in [1.54, 1.807) is 12.1 Å². The molecular weight excluding hydrogens is 321 g/mol. The number of rotatable bonds is 4. The van der Waals surface area contributed by atoms with Crippen molar-refractivity contribution >= 4 is 33.3 Å². The summed E-state index contributed by atoms with van der Waals surface area (Å²) in [4.78, 5) is 24.1. The highest BCUT2D eigenvalue weighted by Crippen LogP contribution is 2.29. The largest absolute Gasteiger partial charge is 0.481 e. The van der Waals surface area contributed by atoms with E-state index in [9.17, 15) is 14.0 Å². The number of carbonyl (C=O) groups excluding carboxylic acids is 1. The number of carboxylic acids is 1. The van der Waals surface area contributed by atoms with Crippen molar-refractivity contribution in [2.45, 2.75) is 24.8 Å². The van der Waals surface area contributed by atoms with Crippen molar-refractivity contribution in [1.82, 2.24) is 5.32 Å². The molecule has 1 aromatic carbocycles. The lowest BCUT2D eigenvalue weighted by Crippen LogP contribution is -2.53. The Morgan fingerprint density at radius 2 is 2.04 bits per heavy atom.